The van der Waals surface area contributed by atoms with E-state index in [4.69, 9.17) is 4.74 Å². The van der Waals surface area contributed by atoms with Crippen molar-refractivity contribution in [2.24, 2.45) is 5.92 Å². The number of hydrazine groups is 1. The maximum atomic E-state index is 12.7. The highest BCUT2D eigenvalue weighted by atomic mass is 16.5. The molecule has 9 nitrogen and oxygen atoms in total. The van der Waals surface area contributed by atoms with E-state index in [1.54, 1.807) is 29.1 Å². The minimum absolute atomic E-state index is 0.104. The first kappa shape index (κ1) is 32.5. The quantitative estimate of drug-likeness (QED) is 0.282. The van der Waals surface area contributed by atoms with Crippen molar-refractivity contribution in [3.05, 3.63) is 29.8 Å². The van der Waals surface area contributed by atoms with Gasteiger partial charge in [-0.3, -0.25) is 14.6 Å². The molecule has 0 spiro atoms. The molecule has 1 aliphatic rings. The van der Waals surface area contributed by atoms with Gasteiger partial charge < -0.3 is 24.6 Å². The molecule has 1 aromatic carbocycles. The van der Waals surface area contributed by atoms with Crippen LogP contribution in [0.2, 0.25) is 0 Å². The van der Waals surface area contributed by atoms with Crippen LogP contribution in [0.1, 0.15) is 58.4 Å². The van der Waals surface area contributed by atoms with Crippen LogP contribution in [-0.2, 0) is 20.9 Å². The molecule has 37 heavy (non-hydrogen) atoms. The van der Waals surface area contributed by atoms with Crippen LogP contribution in [0.25, 0.3) is 0 Å². The number of aldehydes is 1. The van der Waals surface area contributed by atoms with Gasteiger partial charge >= 0.3 is 0 Å². The van der Waals surface area contributed by atoms with Gasteiger partial charge in [0.1, 0.15) is 18.2 Å². The largest absolute Gasteiger partial charge is 0.497 e. The second-order valence-electron chi connectivity index (χ2n) is 10.1. The molecule has 1 aliphatic heterocycles. The van der Waals surface area contributed by atoms with Gasteiger partial charge in [-0.15, -0.1) is 0 Å². The van der Waals surface area contributed by atoms with Gasteiger partial charge in [0, 0.05) is 20.1 Å². The van der Waals surface area contributed by atoms with Gasteiger partial charge in [0.05, 0.1) is 19.7 Å². The maximum Gasteiger partial charge on any atom is 0.241 e. The second-order valence-corrected chi connectivity index (χ2v) is 10.1. The Morgan fingerprint density at radius 2 is 1.84 bits per heavy atom. The van der Waals surface area contributed by atoms with E-state index in [-0.39, 0.29) is 18.4 Å². The molecule has 1 fully saturated rings. The number of ether oxygens (including phenoxy) is 1. The number of hydrogen-bond acceptors (Lipinski definition) is 7. The summed E-state index contributed by atoms with van der Waals surface area (Å²) in [5.74, 6) is 1.09. The van der Waals surface area contributed by atoms with Gasteiger partial charge in [-0.05, 0) is 57.1 Å². The first-order chi connectivity index (χ1) is 17.7. The Hall–Kier alpha value is -2.49. The van der Waals surface area contributed by atoms with E-state index < -0.39 is 12.2 Å². The second kappa shape index (κ2) is 17.9. The van der Waals surface area contributed by atoms with Crippen LogP contribution in [0.3, 0.4) is 0 Å². The molecule has 0 aromatic heterocycles. The summed E-state index contributed by atoms with van der Waals surface area (Å²) in [7, 11) is 7.35. The number of hydrogen-bond donors (Lipinski definition) is 1. The number of unbranched alkanes of at least 4 members (excludes halogenated alkanes) is 3. The summed E-state index contributed by atoms with van der Waals surface area (Å²) in [5.41, 5.74) is 1.27. The van der Waals surface area contributed by atoms with Crippen molar-refractivity contribution in [1.82, 2.24) is 25.1 Å². The third-order valence-electron chi connectivity index (χ3n) is 6.42. The minimum atomic E-state index is -0.503. The topological polar surface area (TPSA) is 85.4 Å². The summed E-state index contributed by atoms with van der Waals surface area (Å²) < 4.78 is 5.03. The number of carbonyl (C=O) groups is 3. The number of carbonyl (C=O) groups excluding carboxylic acids is 3. The van der Waals surface area contributed by atoms with Crippen molar-refractivity contribution < 1.29 is 19.1 Å². The highest BCUT2D eigenvalue weighted by molar-refractivity contribution is 5.83. The van der Waals surface area contributed by atoms with Crippen molar-refractivity contribution in [3.8, 4) is 5.75 Å². The average Bonchev–Trinajstić information content (AvgIpc) is 2.86. The van der Waals surface area contributed by atoms with E-state index in [1.807, 2.05) is 40.1 Å². The number of likely N-dealkylation sites (N-methyl/N-ethyl adjacent to an activating group) is 2. The highest BCUT2D eigenvalue weighted by Gasteiger charge is 2.41. The van der Waals surface area contributed by atoms with Crippen molar-refractivity contribution in [2.75, 3.05) is 47.9 Å². The Morgan fingerprint density at radius 1 is 1.16 bits per heavy atom. The van der Waals surface area contributed by atoms with Crippen LogP contribution >= 0.6 is 0 Å². The summed E-state index contributed by atoms with van der Waals surface area (Å²) in [6, 6.07) is 7.53. The maximum absolute atomic E-state index is 12.7. The number of benzene rings is 1. The third-order valence-corrected chi connectivity index (χ3v) is 6.42. The number of methoxy groups -OCH3 is 1. The Kier molecular flexibility index (Phi) is 15.7. The lowest BCUT2D eigenvalue weighted by Gasteiger charge is -2.49. The molecule has 0 aliphatic carbocycles. The van der Waals surface area contributed by atoms with Crippen LogP contribution in [0, 0.1) is 5.92 Å². The zero-order valence-electron chi connectivity index (χ0n) is 24.0. The molecule has 2 atom stereocenters. The molecular weight excluding hydrogens is 470 g/mol. The van der Waals surface area contributed by atoms with E-state index in [2.05, 4.69) is 29.3 Å². The molecule has 1 aromatic rings. The fraction of sp³-hybridized carbons (Fsp3) is 0.679. The lowest BCUT2D eigenvalue weighted by Crippen LogP contribution is -2.68. The van der Waals surface area contributed by atoms with Gasteiger partial charge in [-0.25, -0.2) is 5.01 Å². The van der Waals surface area contributed by atoms with Gasteiger partial charge in [0.2, 0.25) is 12.3 Å². The zero-order chi connectivity index (χ0) is 27.8. The lowest BCUT2D eigenvalue weighted by molar-refractivity contribution is -0.184. The first-order valence-electron chi connectivity index (χ1n) is 13.4. The number of rotatable bonds is 15. The molecule has 210 valence electrons. The molecule has 2 amide bonds. The summed E-state index contributed by atoms with van der Waals surface area (Å²) in [6.45, 7) is 8.70. The summed E-state index contributed by atoms with van der Waals surface area (Å²) in [4.78, 5) is 39.9. The van der Waals surface area contributed by atoms with Gasteiger partial charge in [-0.2, -0.15) is 0 Å². The molecule has 9 heteroatoms. The molecule has 0 radical (unpaired) electrons. The molecule has 0 bridgehead atoms. The molecule has 1 saturated heterocycles. The van der Waals surface area contributed by atoms with Crippen molar-refractivity contribution in [1.29, 1.82) is 0 Å². The molecule has 2 rings (SSSR count). The summed E-state index contributed by atoms with van der Waals surface area (Å²) >= 11 is 0. The predicted octanol–water partition coefficient (Wildman–Crippen LogP) is 3.00. The standard InChI is InChI=1S/C19H36N4O3.C9H13NO/c1-6-7-8-9-10-20(4)12-18-22(15-25)21(5)13-19(26)23(18)17(14-24)11-16(2)3;1-10-7-8-3-5-9(11-2)6-4-8/h14-18H,6-13H2,1-5H3;3-6,10H,7H2,1-2H3/t17-,18?;/m0./s1. The van der Waals surface area contributed by atoms with Crippen LogP contribution in [0.15, 0.2) is 24.3 Å². The smallest absolute Gasteiger partial charge is 0.241 e. The molecule has 0 saturated carbocycles. The molecule has 1 unspecified atom stereocenters. The van der Waals surface area contributed by atoms with E-state index in [9.17, 15) is 14.4 Å². The minimum Gasteiger partial charge on any atom is -0.497 e. The zero-order valence-corrected chi connectivity index (χ0v) is 24.0. The van der Waals surface area contributed by atoms with E-state index in [0.717, 1.165) is 38.0 Å². The fourth-order valence-corrected chi connectivity index (χ4v) is 4.45. The number of nitrogens with one attached hydrogen (secondary N) is 1. The van der Waals surface area contributed by atoms with Crippen molar-refractivity contribution in [2.45, 2.75) is 71.6 Å². The Labute approximate surface area is 224 Å². The summed E-state index contributed by atoms with van der Waals surface area (Å²) in [6.07, 6.45) is 6.42. The van der Waals surface area contributed by atoms with Crippen LogP contribution < -0.4 is 10.1 Å². The SMILES string of the molecule is CCCCCCN(C)CC1N([C@H](C=O)CC(C)C)C(=O)CN(C)N1C=O.CNCc1ccc(OC)cc1. The van der Waals surface area contributed by atoms with Crippen molar-refractivity contribution in [3.63, 3.8) is 0 Å². The first-order valence-corrected chi connectivity index (χ1v) is 13.4. The van der Waals surface area contributed by atoms with Crippen LogP contribution in [-0.4, -0.2) is 98.5 Å². The van der Waals surface area contributed by atoms with Gasteiger partial charge in [0.25, 0.3) is 0 Å². The van der Waals surface area contributed by atoms with Crippen molar-refractivity contribution >= 4 is 18.6 Å². The van der Waals surface area contributed by atoms with E-state index in [1.165, 1.54) is 24.8 Å². The van der Waals surface area contributed by atoms with Gasteiger partial charge in [-0.1, -0.05) is 52.2 Å². The van der Waals surface area contributed by atoms with Crippen LogP contribution in [0.5, 0.6) is 5.75 Å². The molecular formula is C28H49N5O4. The van der Waals surface area contributed by atoms with Gasteiger partial charge in [0.15, 0.2) is 0 Å². The normalized spacial score (nSPS) is 17.0. The average molecular weight is 520 g/mol. The highest BCUT2D eigenvalue weighted by Crippen LogP contribution is 2.21. The van der Waals surface area contributed by atoms with E-state index >= 15 is 0 Å². The lowest BCUT2D eigenvalue weighted by atomic mass is 10.0. The number of amides is 2. The molecule has 1 heterocycles. The monoisotopic (exact) mass is 519 g/mol. The molecule has 1 N–H and O–H groups in total. The Morgan fingerprint density at radius 3 is 2.35 bits per heavy atom. The fourth-order valence-electron chi connectivity index (χ4n) is 4.45. The Balaban J connectivity index is 0.000000516. The Bertz CT molecular complexity index is 789. The van der Waals surface area contributed by atoms with E-state index in [0.29, 0.717) is 13.0 Å². The predicted molar refractivity (Wildman–Crippen MR) is 148 cm³/mol. The third kappa shape index (κ3) is 11.2. The van der Waals surface area contributed by atoms with Crippen LogP contribution in [0.4, 0.5) is 0 Å². The number of nitrogens with zero attached hydrogens (tertiary/aromatic N) is 4. The summed E-state index contributed by atoms with van der Waals surface area (Å²) in [5, 5.41) is 6.26.